The van der Waals surface area contributed by atoms with Gasteiger partial charge >= 0.3 is 0 Å². The lowest BCUT2D eigenvalue weighted by atomic mass is 10.1. The van der Waals surface area contributed by atoms with E-state index in [4.69, 9.17) is 4.74 Å². The average Bonchev–Trinajstić information content (AvgIpc) is 3.24. The maximum atomic E-state index is 12.7. The van der Waals surface area contributed by atoms with E-state index in [1.807, 2.05) is 11.0 Å². The second-order valence-electron chi connectivity index (χ2n) is 6.51. The molecule has 2 aromatic heterocycles. The van der Waals surface area contributed by atoms with Crippen molar-refractivity contribution < 1.29 is 9.53 Å². The highest BCUT2D eigenvalue weighted by Crippen LogP contribution is 2.32. The molecule has 4 rings (SSSR count). The zero-order valence-corrected chi connectivity index (χ0v) is 13.4. The molecule has 0 bridgehead atoms. The molecule has 1 atom stereocenters. The molecule has 122 valence electrons. The van der Waals surface area contributed by atoms with Gasteiger partial charge in [-0.25, -0.2) is 4.98 Å². The molecule has 0 radical (unpaired) electrons. The number of aromatic nitrogens is 2. The van der Waals surface area contributed by atoms with E-state index in [2.05, 4.69) is 21.7 Å². The smallest absolute Gasteiger partial charge is 0.242 e. The molecule has 0 aliphatic carbocycles. The van der Waals surface area contributed by atoms with Gasteiger partial charge in [0, 0.05) is 37.0 Å². The van der Waals surface area contributed by atoms with E-state index in [0.29, 0.717) is 6.54 Å². The monoisotopic (exact) mass is 313 g/mol. The van der Waals surface area contributed by atoms with Gasteiger partial charge in [-0.1, -0.05) is 0 Å². The fourth-order valence-corrected chi connectivity index (χ4v) is 3.73. The molecule has 5 nitrogen and oxygen atoms in total. The lowest BCUT2D eigenvalue weighted by Crippen LogP contribution is -2.38. The minimum Gasteiger partial charge on any atom is -0.372 e. The molecule has 2 aliphatic rings. The Labute approximate surface area is 136 Å². The van der Waals surface area contributed by atoms with E-state index in [1.165, 1.54) is 6.42 Å². The molecule has 2 aromatic rings. The molecule has 4 heterocycles. The van der Waals surface area contributed by atoms with E-state index in [9.17, 15) is 4.79 Å². The van der Waals surface area contributed by atoms with Crippen LogP contribution in [0, 0.1) is 0 Å². The van der Waals surface area contributed by atoms with Gasteiger partial charge in [-0.05, 0) is 50.3 Å². The average molecular weight is 313 g/mol. The van der Waals surface area contributed by atoms with Crippen molar-refractivity contribution in [3.05, 3.63) is 30.1 Å². The predicted molar refractivity (Wildman–Crippen MR) is 88.1 cm³/mol. The van der Waals surface area contributed by atoms with Crippen molar-refractivity contribution >= 4 is 16.9 Å². The minimum absolute atomic E-state index is 0.0957. The Bertz CT molecular complexity index is 697. The van der Waals surface area contributed by atoms with Crippen LogP contribution in [-0.2, 0) is 16.1 Å². The number of rotatable bonds is 3. The van der Waals surface area contributed by atoms with Crippen molar-refractivity contribution in [3.63, 3.8) is 0 Å². The van der Waals surface area contributed by atoms with Gasteiger partial charge < -0.3 is 14.2 Å². The molecule has 0 unspecified atom stereocenters. The highest BCUT2D eigenvalue weighted by molar-refractivity contribution is 5.82. The molecule has 2 aliphatic heterocycles. The Morgan fingerprint density at radius 2 is 2.13 bits per heavy atom. The standard InChI is InChI=1S/C18H23N3O2/c22-17(20-9-2-1-3-10-20)13-21-15(16-7-5-11-23-16)12-14-6-4-8-19-18(14)21/h4,6,8,12,16H,1-3,5,7,9-11,13H2/t16-/m0/s1. The minimum atomic E-state index is 0.0957. The van der Waals surface area contributed by atoms with Crippen molar-refractivity contribution in [2.24, 2.45) is 0 Å². The van der Waals surface area contributed by atoms with Gasteiger partial charge in [0.05, 0.1) is 6.10 Å². The van der Waals surface area contributed by atoms with Gasteiger partial charge in [-0.2, -0.15) is 0 Å². The van der Waals surface area contributed by atoms with Crippen molar-refractivity contribution in [2.45, 2.75) is 44.8 Å². The van der Waals surface area contributed by atoms with Crippen LogP contribution in [0.4, 0.5) is 0 Å². The summed E-state index contributed by atoms with van der Waals surface area (Å²) >= 11 is 0. The zero-order valence-electron chi connectivity index (χ0n) is 13.4. The third kappa shape index (κ3) is 2.85. The summed E-state index contributed by atoms with van der Waals surface area (Å²) in [5.74, 6) is 0.201. The Morgan fingerprint density at radius 3 is 2.91 bits per heavy atom. The van der Waals surface area contributed by atoms with Crippen LogP contribution in [0.1, 0.15) is 43.9 Å². The van der Waals surface area contributed by atoms with Crippen molar-refractivity contribution in [3.8, 4) is 0 Å². The predicted octanol–water partition coefficient (Wildman–Crippen LogP) is 2.90. The van der Waals surface area contributed by atoms with E-state index in [0.717, 1.165) is 62.1 Å². The first kappa shape index (κ1) is 14.7. The van der Waals surface area contributed by atoms with Crippen molar-refractivity contribution in [1.29, 1.82) is 0 Å². The quantitative estimate of drug-likeness (QED) is 0.875. The molecule has 2 saturated heterocycles. The van der Waals surface area contributed by atoms with Crippen LogP contribution >= 0.6 is 0 Å². The summed E-state index contributed by atoms with van der Waals surface area (Å²) in [7, 11) is 0. The van der Waals surface area contributed by atoms with Crippen molar-refractivity contribution in [2.75, 3.05) is 19.7 Å². The Kier molecular flexibility index (Phi) is 4.04. The summed E-state index contributed by atoms with van der Waals surface area (Å²) in [4.78, 5) is 19.2. The normalized spacial score (nSPS) is 21.9. The van der Waals surface area contributed by atoms with Crippen molar-refractivity contribution in [1.82, 2.24) is 14.5 Å². The number of carbonyl (C=O) groups is 1. The van der Waals surface area contributed by atoms with Crippen LogP contribution in [0.15, 0.2) is 24.4 Å². The number of hydrogen-bond donors (Lipinski definition) is 0. The summed E-state index contributed by atoms with van der Waals surface area (Å²) in [5, 5.41) is 1.09. The highest BCUT2D eigenvalue weighted by Gasteiger charge is 2.25. The van der Waals surface area contributed by atoms with Gasteiger partial charge in [0.25, 0.3) is 0 Å². The fourth-order valence-electron chi connectivity index (χ4n) is 3.73. The molecule has 0 aromatic carbocycles. The first-order valence-electron chi connectivity index (χ1n) is 8.66. The zero-order chi connectivity index (χ0) is 15.6. The fraction of sp³-hybridized carbons (Fsp3) is 0.556. The number of hydrogen-bond acceptors (Lipinski definition) is 3. The SMILES string of the molecule is O=C(Cn1c([C@@H]2CCCO2)cc2cccnc21)N1CCCCC1. The molecule has 0 spiro atoms. The third-order valence-electron chi connectivity index (χ3n) is 4.95. The van der Waals surface area contributed by atoms with Gasteiger partial charge in [0.15, 0.2) is 0 Å². The summed E-state index contributed by atoms with van der Waals surface area (Å²) in [6.45, 7) is 2.96. The molecule has 23 heavy (non-hydrogen) atoms. The Hall–Kier alpha value is -1.88. The summed E-state index contributed by atoms with van der Waals surface area (Å²) in [5.41, 5.74) is 1.99. The molecule has 0 saturated carbocycles. The van der Waals surface area contributed by atoms with Crippen LogP contribution in [0.5, 0.6) is 0 Å². The van der Waals surface area contributed by atoms with E-state index < -0.39 is 0 Å². The molecule has 0 N–H and O–H groups in total. The topological polar surface area (TPSA) is 47.4 Å². The molecule has 2 fully saturated rings. The highest BCUT2D eigenvalue weighted by atomic mass is 16.5. The van der Waals surface area contributed by atoms with E-state index in [-0.39, 0.29) is 12.0 Å². The largest absolute Gasteiger partial charge is 0.372 e. The van der Waals surface area contributed by atoms with Crippen LogP contribution in [0.2, 0.25) is 0 Å². The van der Waals surface area contributed by atoms with Crippen LogP contribution < -0.4 is 0 Å². The number of fused-ring (bicyclic) bond motifs is 1. The Balaban J connectivity index is 1.66. The number of pyridine rings is 1. The van der Waals surface area contributed by atoms with E-state index in [1.54, 1.807) is 6.20 Å². The number of ether oxygens (including phenoxy) is 1. The Morgan fingerprint density at radius 1 is 1.26 bits per heavy atom. The maximum absolute atomic E-state index is 12.7. The molecular formula is C18H23N3O2. The molecule has 5 heteroatoms. The molecule has 1 amide bonds. The van der Waals surface area contributed by atoms with Gasteiger partial charge in [0.2, 0.25) is 5.91 Å². The van der Waals surface area contributed by atoms with Crippen LogP contribution in [-0.4, -0.2) is 40.1 Å². The first-order valence-corrected chi connectivity index (χ1v) is 8.66. The number of amides is 1. The number of piperidine rings is 1. The summed E-state index contributed by atoms with van der Waals surface area (Å²) in [6.07, 6.45) is 7.47. The van der Waals surface area contributed by atoms with Gasteiger partial charge in [0.1, 0.15) is 12.2 Å². The number of nitrogens with zero attached hydrogens (tertiary/aromatic N) is 3. The maximum Gasteiger partial charge on any atom is 0.242 e. The lowest BCUT2D eigenvalue weighted by molar-refractivity contribution is -0.132. The van der Waals surface area contributed by atoms with Crippen LogP contribution in [0.25, 0.3) is 11.0 Å². The summed E-state index contributed by atoms with van der Waals surface area (Å²) < 4.78 is 7.93. The van der Waals surface area contributed by atoms with Gasteiger partial charge in [-0.3, -0.25) is 4.79 Å². The number of carbonyl (C=O) groups excluding carboxylic acids is 1. The van der Waals surface area contributed by atoms with Gasteiger partial charge in [-0.15, -0.1) is 0 Å². The van der Waals surface area contributed by atoms with E-state index >= 15 is 0 Å². The molecular weight excluding hydrogens is 290 g/mol. The third-order valence-corrected chi connectivity index (χ3v) is 4.95. The first-order chi connectivity index (χ1) is 11.3. The lowest BCUT2D eigenvalue weighted by Gasteiger charge is -2.27. The number of likely N-dealkylation sites (tertiary alicyclic amines) is 1. The van der Waals surface area contributed by atoms with Crippen LogP contribution in [0.3, 0.4) is 0 Å². The second-order valence-corrected chi connectivity index (χ2v) is 6.51. The second kappa shape index (κ2) is 6.32. The summed E-state index contributed by atoms with van der Waals surface area (Å²) in [6, 6.07) is 6.14.